The highest BCUT2D eigenvalue weighted by molar-refractivity contribution is 6.92. The number of fused-ring (bicyclic) bond motifs is 4. The van der Waals surface area contributed by atoms with Gasteiger partial charge in [-0.2, -0.15) is 4.57 Å². The number of nitrogens with zero attached hydrogens (tertiary/aromatic N) is 1. The number of aryl methyl sites for hydroxylation is 4. The number of furan rings is 1. The second kappa shape index (κ2) is 8.02. The van der Waals surface area contributed by atoms with Crippen LogP contribution in [0.2, 0.25) is 18.6 Å². The lowest BCUT2D eigenvalue weighted by Gasteiger charge is -2.29. The van der Waals surface area contributed by atoms with Crippen LogP contribution < -0.4 is 9.75 Å². The van der Waals surface area contributed by atoms with Crippen LogP contribution in [0, 0.1) is 33.5 Å². The van der Waals surface area contributed by atoms with Gasteiger partial charge in [-0.15, -0.1) is 0 Å². The Morgan fingerprint density at radius 2 is 1.54 bits per heavy atom. The van der Waals surface area contributed by atoms with Crippen LogP contribution >= 0.6 is 0 Å². The molecule has 0 aliphatic carbocycles. The standard InChI is InChI=1S/C31H35FNOSi/c1-17(2)35(8,9)28-16-27(33(7)26-13-10-18(3)14-24(26)28)29-20(5)19(4)15-23-22-11-12-25(32)21(6)30(22)34-31(23)29/h10-17H,1-9H3/q+1. The Kier molecular flexibility index (Phi) is 5.44. The predicted molar refractivity (Wildman–Crippen MR) is 149 cm³/mol. The van der Waals surface area contributed by atoms with Gasteiger partial charge in [0.15, 0.2) is 0 Å². The summed E-state index contributed by atoms with van der Waals surface area (Å²) in [5.74, 6) is -0.231. The van der Waals surface area contributed by atoms with Crippen molar-refractivity contribution in [1.29, 1.82) is 0 Å². The third-order valence-corrected chi connectivity index (χ3v) is 13.2. The lowest BCUT2D eigenvalue weighted by molar-refractivity contribution is -0.633. The van der Waals surface area contributed by atoms with Gasteiger partial charge in [0.05, 0.1) is 13.6 Å². The van der Waals surface area contributed by atoms with Crippen molar-refractivity contribution in [3.05, 3.63) is 70.5 Å². The lowest BCUT2D eigenvalue weighted by Crippen LogP contribution is -2.47. The minimum atomic E-state index is -1.77. The van der Waals surface area contributed by atoms with E-state index >= 15 is 0 Å². The van der Waals surface area contributed by atoms with E-state index < -0.39 is 8.07 Å². The maximum Gasteiger partial charge on any atom is 0.216 e. The van der Waals surface area contributed by atoms with Crippen LogP contribution in [0.3, 0.4) is 0 Å². The molecule has 4 heteroatoms. The molecule has 0 aliphatic heterocycles. The van der Waals surface area contributed by atoms with Gasteiger partial charge in [0.25, 0.3) is 0 Å². The Hall–Kier alpha value is -2.98. The molecule has 3 aromatic carbocycles. The molecule has 5 rings (SSSR count). The van der Waals surface area contributed by atoms with Crippen LogP contribution in [0.1, 0.15) is 36.1 Å². The normalized spacial score (nSPS) is 12.5. The van der Waals surface area contributed by atoms with Gasteiger partial charge in [-0.1, -0.05) is 38.6 Å². The summed E-state index contributed by atoms with van der Waals surface area (Å²) in [4.78, 5) is 0. The Morgan fingerprint density at radius 1 is 0.829 bits per heavy atom. The molecule has 0 unspecified atom stereocenters. The quantitative estimate of drug-likeness (QED) is 0.188. The molecule has 0 saturated carbocycles. The van der Waals surface area contributed by atoms with Gasteiger partial charge in [0.2, 0.25) is 11.2 Å². The molecule has 180 valence electrons. The van der Waals surface area contributed by atoms with E-state index in [-0.39, 0.29) is 5.82 Å². The van der Waals surface area contributed by atoms with Gasteiger partial charge >= 0.3 is 0 Å². The molecule has 2 heterocycles. The minimum absolute atomic E-state index is 0.231. The van der Waals surface area contributed by atoms with Crippen molar-refractivity contribution in [3.8, 4) is 11.3 Å². The van der Waals surface area contributed by atoms with Gasteiger partial charge in [-0.05, 0) is 73.8 Å². The fourth-order valence-electron chi connectivity index (χ4n) is 5.30. The fourth-order valence-corrected chi connectivity index (χ4v) is 7.33. The molecule has 0 radical (unpaired) electrons. The number of rotatable bonds is 3. The van der Waals surface area contributed by atoms with E-state index in [0.717, 1.165) is 27.6 Å². The van der Waals surface area contributed by atoms with Crippen LogP contribution in [0.5, 0.6) is 0 Å². The Balaban J connectivity index is 1.98. The van der Waals surface area contributed by atoms with E-state index in [2.05, 4.69) is 89.7 Å². The zero-order chi connectivity index (χ0) is 25.4. The molecule has 2 nitrogen and oxygen atoms in total. The number of hydrogen-bond acceptors (Lipinski definition) is 1. The van der Waals surface area contributed by atoms with Crippen LogP contribution in [0.15, 0.2) is 46.9 Å². The Labute approximate surface area is 208 Å². The Bertz CT molecular complexity index is 1660. The third kappa shape index (κ3) is 3.45. The topological polar surface area (TPSA) is 17.0 Å². The smallest absolute Gasteiger partial charge is 0.216 e. The van der Waals surface area contributed by atoms with Crippen LogP contribution in [0.25, 0.3) is 44.1 Å². The van der Waals surface area contributed by atoms with E-state index in [1.165, 1.54) is 32.8 Å². The highest BCUT2D eigenvalue weighted by atomic mass is 28.3. The summed E-state index contributed by atoms with van der Waals surface area (Å²) in [6.07, 6.45) is 0. The van der Waals surface area contributed by atoms with Gasteiger partial charge in [-0.3, -0.25) is 0 Å². The highest BCUT2D eigenvalue weighted by Gasteiger charge is 2.34. The first-order chi connectivity index (χ1) is 16.4. The van der Waals surface area contributed by atoms with Crippen molar-refractivity contribution in [3.63, 3.8) is 0 Å². The largest absolute Gasteiger partial charge is 0.455 e. The molecule has 0 atom stereocenters. The zero-order valence-corrected chi connectivity index (χ0v) is 23.4. The average molecular weight is 485 g/mol. The molecular weight excluding hydrogens is 449 g/mol. The molecular formula is C31H35FNOSi+. The first-order valence-corrected chi connectivity index (χ1v) is 15.6. The van der Waals surface area contributed by atoms with Gasteiger partial charge in [0.1, 0.15) is 24.0 Å². The first kappa shape index (κ1) is 23.7. The van der Waals surface area contributed by atoms with Crippen molar-refractivity contribution >= 4 is 46.1 Å². The van der Waals surface area contributed by atoms with Crippen LogP contribution in [-0.2, 0) is 7.05 Å². The summed E-state index contributed by atoms with van der Waals surface area (Å²) in [5, 5.41) is 4.85. The monoisotopic (exact) mass is 484 g/mol. The zero-order valence-electron chi connectivity index (χ0n) is 22.4. The molecule has 5 aromatic rings. The van der Waals surface area contributed by atoms with Crippen molar-refractivity contribution in [2.24, 2.45) is 7.05 Å². The lowest BCUT2D eigenvalue weighted by atomic mass is 9.95. The highest BCUT2D eigenvalue weighted by Crippen LogP contribution is 2.40. The number of halogens is 1. The van der Waals surface area contributed by atoms with E-state index in [0.29, 0.717) is 16.7 Å². The summed E-state index contributed by atoms with van der Waals surface area (Å²) in [7, 11) is 0.383. The molecule has 0 spiro atoms. The minimum Gasteiger partial charge on any atom is -0.455 e. The maximum absolute atomic E-state index is 14.4. The van der Waals surface area contributed by atoms with Crippen molar-refractivity contribution in [2.45, 2.75) is 60.2 Å². The molecule has 2 aromatic heterocycles. The summed E-state index contributed by atoms with van der Waals surface area (Å²) < 4.78 is 23.2. The maximum atomic E-state index is 14.4. The number of hydrogen-bond donors (Lipinski definition) is 0. The number of pyridine rings is 1. The molecule has 0 saturated heterocycles. The van der Waals surface area contributed by atoms with E-state index in [4.69, 9.17) is 4.42 Å². The Morgan fingerprint density at radius 3 is 2.23 bits per heavy atom. The summed E-state index contributed by atoms with van der Waals surface area (Å²) in [5.41, 5.74) is 9.83. The van der Waals surface area contributed by atoms with Crippen molar-refractivity contribution < 1.29 is 13.4 Å². The van der Waals surface area contributed by atoms with Crippen LogP contribution in [0.4, 0.5) is 4.39 Å². The van der Waals surface area contributed by atoms with E-state index in [1.54, 1.807) is 13.0 Å². The fraction of sp³-hybridized carbons (Fsp3) is 0.323. The summed E-state index contributed by atoms with van der Waals surface area (Å²) in [6, 6.07) is 14.8. The van der Waals surface area contributed by atoms with Crippen LogP contribution in [-0.4, -0.2) is 8.07 Å². The van der Waals surface area contributed by atoms with E-state index in [9.17, 15) is 4.39 Å². The predicted octanol–water partition coefficient (Wildman–Crippen LogP) is 7.93. The number of benzene rings is 3. The second-order valence-electron chi connectivity index (χ2n) is 11.1. The van der Waals surface area contributed by atoms with Gasteiger partial charge in [-0.25, -0.2) is 4.39 Å². The van der Waals surface area contributed by atoms with E-state index in [1.807, 2.05) is 6.07 Å². The van der Waals surface area contributed by atoms with Crippen molar-refractivity contribution in [2.75, 3.05) is 0 Å². The summed E-state index contributed by atoms with van der Waals surface area (Å²) in [6.45, 7) is 18.0. The summed E-state index contributed by atoms with van der Waals surface area (Å²) >= 11 is 0. The average Bonchev–Trinajstić information content (AvgIpc) is 3.16. The molecule has 35 heavy (non-hydrogen) atoms. The third-order valence-electron chi connectivity index (χ3n) is 8.47. The second-order valence-corrected chi connectivity index (χ2v) is 16.3. The molecule has 0 aliphatic rings. The van der Waals surface area contributed by atoms with Crippen molar-refractivity contribution in [1.82, 2.24) is 0 Å². The molecule has 0 N–H and O–H groups in total. The molecule has 0 bridgehead atoms. The SMILES string of the molecule is Cc1ccc2c(c1)c([Si](C)(C)C(C)C)cc(-c1c(C)c(C)cc3c1oc1c(C)c(F)ccc13)[n+]2C. The first-order valence-electron chi connectivity index (χ1n) is 12.5. The molecule has 0 fully saturated rings. The van der Waals surface area contributed by atoms with Gasteiger partial charge in [0, 0.05) is 33.9 Å². The van der Waals surface area contributed by atoms with Gasteiger partial charge < -0.3 is 4.42 Å². The number of aromatic nitrogens is 1. The molecule has 0 amide bonds.